The maximum atomic E-state index is 11.0. The van der Waals surface area contributed by atoms with Gasteiger partial charge in [-0.05, 0) is 24.4 Å². The molecule has 1 aromatic carbocycles. The first-order valence-electron chi connectivity index (χ1n) is 5.63. The highest BCUT2D eigenvalue weighted by atomic mass is 32.1. The topological polar surface area (TPSA) is 49.6 Å². The number of hydrogen-bond donors (Lipinski definition) is 1. The van der Waals surface area contributed by atoms with Gasteiger partial charge in [0, 0.05) is 20.2 Å². The highest BCUT2D eigenvalue weighted by Crippen LogP contribution is 2.19. The Morgan fingerprint density at radius 1 is 1.29 bits per heavy atom. The van der Waals surface area contributed by atoms with E-state index in [9.17, 15) is 4.79 Å². The summed E-state index contributed by atoms with van der Waals surface area (Å²) in [6.45, 7) is 5.26. The molecule has 1 aromatic rings. The molecule has 2 N–H and O–H groups in total. The lowest BCUT2D eigenvalue weighted by atomic mass is 10.3. The average Bonchev–Trinajstić information content (AvgIpc) is 2.75. The predicted octanol–water partition coefficient (Wildman–Crippen LogP) is 2.44. The number of anilines is 1. The van der Waals surface area contributed by atoms with Gasteiger partial charge >= 0.3 is 6.03 Å². The summed E-state index contributed by atoms with van der Waals surface area (Å²) in [5.41, 5.74) is 6.19. The van der Waals surface area contributed by atoms with E-state index in [-0.39, 0.29) is 1.43 Å². The van der Waals surface area contributed by atoms with Crippen LogP contribution in [0.1, 0.15) is 15.3 Å². The van der Waals surface area contributed by atoms with Gasteiger partial charge in [0.25, 0.3) is 0 Å². The molecule has 0 aromatic heterocycles. The van der Waals surface area contributed by atoms with E-state index in [1.165, 1.54) is 4.90 Å². The molecular weight excluding hydrogens is 234 g/mol. The minimum atomic E-state index is -0.488. The molecule has 0 unspecified atom stereocenters. The monoisotopic (exact) mass is 253 g/mol. The van der Waals surface area contributed by atoms with Crippen molar-refractivity contribution < 1.29 is 6.22 Å². The molecule has 2 amide bonds. The second-order valence-electron chi connectivity index (χ2n) is 3.26. The Bertz CT molecular complexity index is 400. The number of nitrogens with two attached hydrogens (primary N) is 1. The lowest BCUT2D eigenvalue weighted by Crippen LogP contribution is -2.39. The Balaban J connectivity index is 0.000000917. The largest absolute Gasteiger partial charge is 0.351 e. The van der Waals surface area contributed by atoms with Gasteiger partial charge in [0.05, 0.1) is 0 Å². The number of para-hydroxylation sites is 1. The van der Waals surface area contributed by atoms with Crippen LogP contribution in [0.2, 0.25) is 0 Å². The Labute approximate surface area is 108 Å². The molecule has 0 aliphatic carbocycles. The van der Waals surface area contributed by atoms with Crippen LogP contribution < -0.4 is 10.6 Å². The molecule has 1 aliphatic heterocycles. The summed E-state index contributed by atoms with van der Waals surface area (Å²) >= 11 is 5.17. The lowest BCUT2D eigenvalue weighted by Gasteiger charge is -2.19. The van der Waals surface area contributed by atoms with Gasteiger partial charge in [0.2, 0.25) is 0 Å². The van der Waals surface area contributed by atoms with Gasteiger partial charge in [0.15, 0.2) is 5.11 Å². The Morgan fingerprint density at radius 3 is 2.35 bits per heavy atom. The molecule has 94 valence electrons. The highest BCUT2D eigenvalue weighted by Gasteiger charge is 2.28. The van der Waals surface area contributed by atoms with E-state index in [2.05, 4.69) is 0 Å². The second kappa shape index (κ2) is 6.20. The number of primary amides is 1. The zero-order chi connectivity index (χ0) is 12.8. The van der Waals surface area contributed by atoms with Crippen molar-refractivity contribution in [3.05, 3.63) is 30.3 Å². The van der Waals surface area contributed by atoms with Gasteiger partial charge < -0.3 is 10.6 Å². The fourth-order valence-electron chi connectivity index (χ4n) is 1.59. The highest BCUT2D eigenvalue weighted by molar-refractivity contribution is 7.80. The molecule has 0 radical (unpaired) electrons. The Hall–Kier alpha value is -1.62. The van der Waals surface area contributed by atoms with Crippen LogP contribution in [0.25, 0.3) is 0 Å². The summed E-state index contributed by atoms with van der Waals surface area (Å²) < 4.78 is 0. The van der Waals surface area contributed by atoms with Crippen LogP contribution in [-0.4, -0.2) is 29.1 Å². The number of amides is 2. The van der Waals surface area contributed by atoms with Gasteiger partial charge in [-0.3, -0.25) is 4.90 Å². The number of hydrogen-bond acceptors (Lipinski definition) is 2. The first-order valence-corrected chi connectivity index (χ1v) is 6.04. The number of urea groups is 1. The number of nitrogens with zero attached hydrogens (tertiary/aromatic N) is 2. The third kappa shape index (κ3) is 2.94. The van der Waals surface area contributed by atoms with E-state index in [0.29, 0.717) is 18.2 Å². The van der Waals surface area contributed by atoms with Crippen molar-refractivity contribution in [1.29, 1.82) is 0 Å². The Morgan fingerprint density at radius 2 is 1.88 bits per heavy atom. The fourth-order valence-corrected chi connectivity index (χ4v) is 1.97. The average molecular weight is 253 g/mol. The molecule has 0 atom stereocenters. The molecular formula is C12H19N3OS. The number of carbonyl (C=O) groups is 1. The van der Waals surface area contributed by atoms with Crippen LogP contribution in [-0.2, 0) is 0 Å². The van der Waals surface area contributed by atoms with E-state index in [0.717, 1.165) is 5.69 Å². The summed E-state index contributed by atoms with van der Waals surface area (Å²) in [6.07, 6.45) is 0. The van der Waals surface area contributed by atoms with Crippen LogP contribution in [0.4, 0.5) is 10.5 Å². The van der Waals surface area contributed by atoms with Gasteiger partial charge in [0.1, 0.15) is 0 Å². The molecule has 1 saturated heterocycles. The molecule has 1 aliphatic rings. The Kier molecular flexibility index (Phi) is 4.90. The predicted molar refractivity (Wildman–Crippen MR) is 76.1 cm³/mol. The van der Waals surface area contributed by atoms with E-state index in [1.807, 2.05) is 49.1 Å². The zero-order valence-corrected chi connectivity index (χ0v) is 10.9. The first-order chi connectivity index (χ1) is 8.20. The number of carbonyl (C=O) groups excluding carboxylic acids is 1. The summed E-state index contributed by atoms with van der Waals surface area (Å²) in [6, 6.07) is 9.23. The maximum Gasteiger partial charge on any atom is 0.321 e. The van der Waals surface area contributed by atoms with Crippen LogP contribution in [0.5, 0.6) is 0 Å². The molecule has 1 fully saturated rings. The lowest BCUT2D eigenvalue weighted by molar-refractivity contribution is 0.233. The normalized spacial score (nSPS) is 14.4. The van der Waals surface area contributed by atoms with Crippen LogP contribution in [0.3, 0.4) is 0 Å². The van der Waals surface area contributed by atoms with Crippen molar-refractivity contribution in [3.63, 3.8) is 0 Å². The molecule has 0 spiro atoms. The molecule has 2 rings (SSSR count). The van der Waals surface area contributed by atoms with Crippen molar-refractivity contribution in [2.75, 3.05) is 18.0 Å². The van der Waals surface area contributed by atoms with Gasteiger partial charge in [-0.2, -0.15) is 0 Å². The standard InChI is InChI=1S/C10H11N3OS.C2H6.H2/c11-9(14)13-7-6-12(10(13)15)8-4-2-1-3-5-8;1-2;/h1-5H,6-7H2,(H2,11,14);1-2H3;1H. The van der Waals surface area contributed by atoms with Crippen molar-refractivity contribution in [1.82, 2.24) is 4.90 Å². The van der Waals surface area contributed by atoms with Crippen molar-refractivity contribution in [3.8, 4) is 0 Å². The number of thiocarbonyl (C=S) groups is 1. The van der Waals surface area contributed by atoms with E-state index in [1.54, 1.807) is 0 Å². The summed E-state index contributed by atoms with van der Waals surface area (Å²) in [7, 11) is 0. The van der Waals surface area contributed by atoms with Crippen LogP contribution in [0, 0.1) is 0 Å². The van der Waals surface area contributed by atoms with Gasteiger partial charge in [-0.1, -0.05) is 32.0 Å². The quantitative estimate of drug-likeness (QED) is 0.782. The first kappa shape index (κ1) is 13.4. The van der Waals surface area contributed by atoms with Crippen molar-refractivity contribution in [2.45, 2.75) is 13.8 Å². The smallest absolute Gasteiger partial charge is 0.321 e. The van der Waals surface area contributed by atoms with Crippen molar-refractivity contribution in [2.24, 2.45) is 5.73 Å². The number of benzene rings is 1. The maximum absolute atomic E-state index is 11.0. The summed E-state index contributed by atoms with van der Waals surface area (Å²) in [5, 5.41) is 0.480. The SMILES string of the molecule is CC.NC(=O)N1CCN(c2ccccc2)C1=S.[HH]. The fraction of sp³-hybridized carbons (Fsp3) is 0.333. The minimum Gasteiger partial charge on any atom is -0.351 e. The third-order valence-corrected chi connectivity index (χ3v) is 2.78. The third-order valence-electron chi connectivity index (χ3n) is 2.34. The summed E-state index contributed by atoms with van der Waals surface area (Å²) in [5.74, 6) is 0. The molecule has 5 heteroatoms. The minimum absolute atomic E-state index is 0. The van der Waals surface area contributed by atoms with E-state index in [4.69, 9.17) is 18.0 Å². The molecule has 17 heavy (non-hydrogen) atoms. The van der Waals surface area contributed by atoms with Gasteiger partial charge in [-0.25, -0.2) is 4.79 Å². The van der Waals surface area contributed by atoms with Crippen LogP contribution in [0.15, 0.2) is 30.3 Å². The number of rotatable bonds is 1. The van der Waals surface area contributed by atoms with Crippen LogP contribution >= 0.6 is 12.2 Å². The van der Waals surface area contributed by atoms with E-state index >= 15 is 0 Å². The van der Waals surface area contributed by atoms with E-state index < -0.39 is 6.03 Å². The molecule has 1 heterocycles. The zero-order valence-electron chi connectivity index (χ0n) is 10.1. The molecule has 4 nitrogen and oxygen atoms in total. The summed E-state index contributed by atoms with van der Waals surface area (Å²) in [4.78, 5) is 14.3. The second-order valence-corrected chi connectivity index (χ2v) is 3.62. The van der Waals surface area contributed by atoms with Crippen molar-refractivity contribution >= 4 is 29.0 Å². The molecule has 0 saturated carbocycles. The van der Waals surface area contributed by atoms with Gasteiger partial charge in [-0.15, -0.1) is 0 Å². The molecule has 0 bridgehead atoms.